The topological polar surface area (TPSA) is 97.1 Å². The second-order valence-corrected chi connectivity index (χ2v) is 11.5. The fourth-order valence-corrected chi connectivity index (χ4v) is 5.24. The summed E-state index contributed by atoms with van der Waals surface area (Å²) >= 11 is 1.65. The molecule has 32 heavy (non-hydrogen) atoms. The molecule has 1 aromatic heterocycles. The third kappa shape index (κ3) is 6.07. The van der Waals surface area contributed by atoms with Crippen LogP contribution in [0.25, 0.3) is 10.2 Å². The first kappa shape index (κ1) is 24.6. The summed E-state index contributed by atoms with van der Waals surface area (Å²) in [5.74, 6) is 0.314. The number of rotatable bonds is 8. The highest BCUT2D eigenvalue weighted by Gasteiger charge is 2.40. The van der Waals surface area contributed by atoms with Crippen molar-refractivity contribution in [2.24, 2.45) is 11.1 Å². The van der Waals surface area contributed by atoms with Crippen LogP contribution in [0.1, 0.15) is 83.2 Å². The van der Waals surface area contributed by atoms with Gasteiger partial charge in [-0.3, -0.25) is 9.59 Å². The molecule has 6 nitrogen and oxygen atoms in total. The molecule has 1 aliphatic rings. The standard InChI is InChI=1S/C25H38N4O2S/c1-6-21(30)28-18(15-27-23(31)25(26)11-9-24(4,5)10-12-25)14-22-29-19-8-7-17(16(2)3)13-20(19)32-22/h7-8,13,16,18H,6,9-12,14-15,26H2,1-5H3,(H,27,31)(H,28,30)/t18-/m0/s1. The molecule has 0 unspecified atom stereocenters. The highest BCUT2D eigenvalue weighted by molar-refractivity contribution is 7.18. The lowest BCUT2D eigenvalue weighted by Crippen LogP contribution is -2.58. The molecule has 1 fully saturated rings. The van der Waals surface area contributed by atoms with Gasteiger partial charge in [0.25, 0.3) is 0 Å². The molecule has 2 amide bonds. The Balaban J connectivity index is 1.68. The van der Waals surface area contributed by atoms with Gasteiger partial charge in [-0.1, -0.05) is 40.7 Å². The van der Waals surface area contributed by atoms with E-state index in [4.69, 9.17) is 10.7 Å². The van der Waals surface area contributed by atoms with Crippen molar-refractivity contribution >= 4 is 33.4 Å². The molecule has 0 aliphatic heterocycles. The number of thiazole rings is 1. The van der Waals surface area contributed by atoms with Crippen LogP contribution in [0.15, 0.2) is 18.2 Å². The van der Waals surface area contributed by atoms with Crippen LogP contribution in [0.4, 0.5) is 0 Å². The number of hydrogen-bond acceptors (Lipinski definition) is 5. The molecule has 0 spiro atoms. The summed E-state index contributed by atoms with van der Waals surface area (Å²) in [5, 5.41) is 7.03. The van der Waals surface area contributed by atoms with Crippen molar-refractivity contribution in [1.82, 2.24) is 15.6 Å². The van der Waals surface area contributed by atoms with Gasteiger partial charge in [0.1, 0.15) is 0 Å². The van der Waals surface area contributed by atoms with E-state index in [0.29, 0.717) is 38.1 Å². The Bertz CT molecular complexity index is 956. The molecule has 4 N–H and O–H groups in total. The average Bonchev–Trinajstić information content (AvgIpc) is 3.15. The summed E-state index contributed by atoms with van der Waals surface area (Å²) in [7, 11) is 0. The van der Waals surface area contributed by atoms with E-state index in [-0.39, 0.29) is 23.3 Å². The predicted molar refractivity (Wildman–Crippen MR) is 132 cm³/mol. The highest BCUT2D eigenvalue weighted by Crippen LogP contribution is 2.39. The minimum Gasteiger partial charge on any atom is -0.352 e. The molecule has 0 saturated heterocycles. The highest BCUT2D eigenvalue weighted by atomic mass is 32.1. The number of carbonyl (C=O) groups is 2. The number of amides is 2. The van der Waals surface area contributed by atoms with Gasteiger partial charge in [-0.25, -0.2) is 4.98 Å². The van der Waals surface area contributed by atoms with Gasteiger partial charge >= 0.3 is 0 Å². The van der Waals surface area contributed by atoms with E-state index in [0.717, 1.165) is 28.1 Å². The van der Waals surface area contributed by atoms with E-state index in [1.807, 2.05) is 6.92 Å². The number of benzene rings is 1. The molecular formula is C25H38N4O2S. The maximum atomic E-state index is 12.9. The SMILES string of the molecule is CCC(=O)N[C@H](CNC(=O)C1(N)CCC(C)(C)CC1)Cc1nc2ccc(C(C)C)cc2s1. The zero-order valence-corrected chi connectivity index (χ0v) is 20.9. The smallest absolute Gasteiger partial charge is 0.240 e. The van der Waals surface area contributed by atoms with Gasteiger partial charge in [0.15, 0.2) is 0 Å². The Hall–Kier alpha value is -1.99. The summed E-state index contributed by atoms with van der Waals surface area (Å²) in [6.07, 6.45) is 4.24. The van der Waals surface area contributed by atoms with Crippen molar-refractivity contribution in [3.8, 4) is 0 Å². The van der Waals surface area contributed by atoms with Crippen molar-refractivity contribution in [2.45, 2.75) is 90.6 Å². The van der Waals surface area contributed by atoms with Gasteiger partial charge in [-0.05, 0) is 54.7 Å². The number of fused-ring (bicyclic) bond motifs is 1. The Morgan fingerprint density at radius 2 is 1.88 bits per heavy atom. The number of nitrogens with two attached hydrogens (primary N) is 1. The first-order chi connectivity index (χ1) is 15.0. The largest absolute Gasteiger partial charge is 0.352 e. The van der Waals surface area contributed by atoms with E-state index in [9.17, 15) is 9.59 Å². The van der Waals surface area contributed by atoms with E-state index in [1.165, 1.54) is 5.56 Å². The first-order valence-electron chi connectivity index (χ1n) is 11.8. The van der Waals surface area contributed by atoms with Crippen LogP contribution in [0.2, 0.25) is 0 Å². The minimum atomic E-state index is -0.821. The minimum absolute atomic E-state index is 0.0330. The van der Waals surface area contributed by atoms with Gasteiger partial charge in [0.05, 0.1) is 26.8 Å². The number of nitrogens with zero attached hydrogens (tertiary/aromatic N) is 1. The number of nitrogens with one attached hydrogen (secondary N) is 2. The van der Waals surface area contributed by atoms with Crippen molar-refractivity contribution < 1.29 is 9.59 Å². The quantitative estimate of drug-likeness (QED) is 0.550. The summed E-state index contributed by atoms with van der Waals surface area (Å²) < 4.78 is 1.15. The first-order valence-corrected chi connectivity index (χ1v) is 12.6. The Morgan fingerprint density at radius 1 is 1.19 bits per heavy atom. The fourth-order valence-electron chi connectivity index (χ4n) is 4.14. The summed E-state index contributed by atoms with van der Waals surface area (Å²) in [5.41, 5.74) is 8.16. The van der Waals surface area contributed by atoms with Crippen molar-refractivity contribution in [2.75, 3.05) is 6.54 Å². The van der Waals surface area contributed by atoms with E-state index < -0.39 is 5.54 Å². The second-order valence-electron chi connectivity index (χ2n) is 10.3. The van der Waals surface area contributed by atoms with Crippen LogP contribution < -0.4 is 16.4 Å². The van der Waals surface area contributed by atoms with Gasteiger partial charge in [-0.15, -0.1) is 11.3 Å². The lowest BCUT2D eigenvalue weighted by molar-refractivity contribution is -0.129. The van der Waals surface area contributed by atoms with Crippen LogP contribution in [0, 0.1) is 5.41 Å². The van der Waals surface area contributed by atoms with Gasteiger partial charge in [0.2, 0.25) is 11.8 Å². The van der Waals surface area contributed by atoms with E-state index >= 15 is 0 Å². The summed E-state index contributed by atoms with van der Waals surface area (Å²) in [6, 6.07) is 6.17. The number of hydrogen-bond donors (Lipinski definition) is 3. The predicted octanol–water partition coefficient (Wildman–Crippen LogP) is 4.27. The van der Waals surface area contributed by atoms with Crippen LogP contribution >= 0.6 is 11.3 Å². The molecule has 7 heteroatoms. The number of aromatic nitrogens is 1. The molecule has 1 atom stereocenters. The Labute approximate surface area is 195 Å². The van der Waals surface area contributed by atoms with Crippen molar-refractivity contribution in [3.63, 3.8) is 0 Å². The number of carbonyl (C=O) groups excluding carboxylic acids is 2. The van der Waals surface area contributed by atoms with Gasteiger partial charge in [-0.2, -0.15) is 0 Å². The monoisotopic (exact) mass is 458 g/mol. The maximum absolute atomic E-state index is 12.9. The lowest BCUT2D eigenvalue weighted by Gasteiger charge is -2.40. The Morgan fingerprint density at radius 3 is 2.50 bits per heavy atom. The Kier molecular flexibility index (Phi) is 7.61. The lowest BCUT2D eigenvalue weighted by atomic mass is 9.69. The second kappa shape index (κ2) is 9.87. The molecule has 0 radical (unpaired) electrons. The average molecular weight is 459 g/mol. The van der Waals surface area contributed by atoms with Gasteiger partial charge < -0.3 is 16.4 Å². The van der Waals surface area contributed by atoms with Gasteiger partial charge in [0, 0.05) is 19.4 Å². The molecule has 1 saturated carbocycles. The summed E-state index contributed by atoms with van der Waals surface area (Å²) in [6.45, 7) is 11.0. The van der Waals surface area contributed by atoms with Crippen molar-refractivity contribution in [3.05, 3.63) is 28.8 Å². The molecular weight excluding hydrogens is 420 g/mol. The van der Waals surface area contributed by atoms with E-state index in [2.05, 4.69) is 56.5 Å². The zero-order chi connectivity index (χ0) is 23.5. The third-order valence-electron chi connectivity index (χ3n) is 6.69. The fraction of sp³-hybridized carbons (Fsp3) is 0.640. The molecule has 1 aliphatic carbocycles. The molecule has 2 aromatic rings. The van der Waals surface area contributed by atoms with Crippen LogP contribution in [0.3, 0.4) is 0 Å². The van der Waals surface area contributed by atoms with Crippen LogP contribution in [-0.2, 0) is 16.0 Å². The summed E-state index contributed by atoms with van der Waals surface area (Å²) in [4.78, 5) is 29.8. The normalized spacial score (nSPS) is 18.5. The van der Waals surface area contributed by atoms with Crippen LogP contribution in [0.5, 0.6) is 0 Å². The van der Waals surface area contributed by atoms with Crippen molar-refractivity contribution in [1.29, 1.82) is 0 Å². The van der Waals surface area contributed by atoms with Crippen LogP contribution in [-0.4, -0.2) is 34.9 Å². The molecule has 1 aromatic carbocycles. The van der Waals surface area contributed by atoms with E-state index in [1.54, 1.807) is 11.3 Å². The zero-order valence-electron chi connectivity index (χ0n) is 20.1. The molecule has 3 rings (SSSR count). The third-order valence-corrected chi connectivity index (χ3v) is 7.73. The molecule has 176 valence electrons. The molecule has 1 heterocycles. The molecule has 0 bridgehead atoms. The maximum Gasteiger partial charge on any atom is 0.240 e.